The number of pyridine rings is 1. The average Bonchev–Trinajstić information content (AvgIpc) is 3.11. The maximum Gasteiger partial charge on any atom is 0.147 e. The molecule has 0 amide bonds. The van der Waals surface area contributed by atoms with Crippen molar-refractivity contribution in [2.45, 2.75) is 19.8 Å². The zero-order valence-electron chi connectivity index (χ0n) is 10.9. The van der Waals surface area contributed by atoms with E-state index in [2.05, 4.69) is 22.4 Å². The van der Waals surface area contributed by atoms with Crippen LogP contribution in [0.1, 0.15) is 24.0 Å². The van der Waals surface area contributed by atoms with Crippen molar-refractivity contribution in [3.63, 3.8) is 0 Å². The molecule has 1 saturated heterocycles. The fraction of sp³-hybridized carbons (Fsp3) is 0.333. The van der Waals surface area contributed by atoms with Gasteiger partial charge in [-0.3, -0.25) is 0 Å². The highest BCUT2D eigenvalue weighted by atomic mass is 32.1. The summed E-state index contributed by atoms with van der Waals surface area (Å²) in [7, 11) is 0. The molecule has 19 heavy (non-hydrogen) atoms. The van der Waals surface area contributed by atoms with Gasteiger partial charge in [-0.2, -0.15) is 5.26 Å². The minimum atomic E-state index is 0.694. The van der Waals surface area contributed by atoms with E-state index in [0.29, 0.717) is 5.56 Å². The van der Waals surface area contributed by atoms with Crippen LogP contribution in [-0.2, 0) is 0 Å². The SMILES string of the molecule is Cc1cc(C#N)c(N2CCCC2)nc1-c1cccs1. The highest BCUT2D eigenvalue weighted by Gasteiger charge is 2.19. The third-order valence-electron chi connectivity index (χ3n) is 3.47. The molecule has 1 aliphatic rings. The molecule has 2 aromatic heterocycles. The Balaban J connectivity index is 2.12. The second-order valence-electron chi connectivity index (χ2n) is 4.81. The third-order valence-corrected chi connectivity index (χ3v) is 4.35. The lowest BCUT2D eigenvalue weighted by Gasteiger charge is -2.19. The van der Waals surface area contributed by atoms with Crippen LogP contribution in [0.2, 0.25) is 0 Å². The lowest BCUT2D eigenvalue weighted by molar-refractivity contribution is 0.933. The van der Waals surface area contributed by atoms with Gasteiger partial charge in [-0.05, 0) is 42.8 Å². The minimum absolute atomic E-state index is 0.694. The van der Waals surface area contributed by atoms with Crippen molar-refractivity contribution in [3.05, 3.63) is 34.7 Å². The number of nitrogens with zero attached hydrogens (tertiary/aromatic N) is 3. The molecule has 1 aliphatic heterocycles. The Labute approximate surface area is 117 Å². The number of aromatic nitrogens is 1. The van der Waals surface area contributed by atoms with E-state index in [4.69, 9.17) is 4.98 Å². The van der Waals surface area contributed by atoms with Crippen LogP contribution in [0.25, 0.3) is 10.6 Å². The molecule has 2 aromatic rings. The first kappa shape index (κ1) is 12.2. The Morgan fingerprint density at radius 3 is 2.79 bits per heavy atom. The molecular formula is C15H15N3S. The van der Waals surface area contributed by atoms with Crippen LogP contribution in [0.5, 0.6) is 0 Å². The molecule has 4 heteroatoms. The molecule has 1 fully saturated rings. The van der Waals surface area contributed by atoms with Gasteiger partial charge < -0.3 is 4.90 Å². The molecule has 0 aliphatic carbocycles. The first-order chi connectivity index (χ1) is 9.29. The maximum absolute atomic E-state index is 9.31. The second kappa shape index (κ2) is 5.02. The summed E-state index contributed by atoms with van der Waals surface area (Å²) >= 11 is 1.69. The van der Waals surface area contributed by atoms with Gasteiger partial charge in [0.1, 0.15) is 11.9 Å². The van der Waals surface area contributed by atoms with Crippen LogP contribution < -0.4 is 4.90 Å². The highest BCUT2D eigenvalue weighted by molar-refractivity contribution is 7.13. The second-order valence-corrected chi connectivity index (χ2v) is 5.76. The molecule has 3 rings (SSSR count). The standard InChI is InChI=1S/C15H15N3S/c1-11-9-12(10-16)15(18-6-2-3-7-18)17-14(11)13-5-4-8-19-13/h4-5,8-9H,2-3,6-7H2,1H3. The lowest BCUT2D eigenvalue weighted by Crippen LogP contribution is -2.20. The van der Waals surface area contributed by atoms with Crippen LogP contribution in [0.4, 0.5) is 5.82 Å². The fourth-order valence-electron chi connectivity index (χ4n) is 2.52. The molecule has 3 heterocycles. The molecule has 3 nitrogen and oxygen atoms in total. The van der Waals surface area contributed by atoms with Crippen LogP contribution in [0, 0.1) is 18.3 Å². The van der Waals surface area contributed by atoms with Gasteiger partial charge in [0.2, 0.25) is 0 Å². The van der Waals surface area contributed by atoms with Gasteiger partial charge in [0.25, 0.3) is 0 Å². The smallest absolute Gasteiger partial charge is 0.147 e. The van der Waals surface area contributed by atoms with Crippen LogP contribution in [-0.4, -0.2) is 18.1 Å². The summed E-state index contributed by atoms with van der Waals surface area (Å²) in [6, 6.07) is 8.37. The van der Waals surface area contributed by atoms with Gasteiger partial charge >= 0.3 is 0 Å². The molecule has 0 bridgehead atoms. The lowest BCUT2D eigenvalue weighted by atomic mass is 10.1. The number of anilines is 1. The first-order valence-corrected chi connectivity index (χ1v) is 7.38. The predicted octanol–water partition coefficient (Wildman–Crippen LogP) is 3.59. The molecule has 0 N–H and O–H groups in total. The monoisotopic (exact) mass is 269 g/mol. The highest BCUT2D eigenvalue weighted by Crippen LogP contribution is 2.31. The number of hydrogen-bond acceptors (Lipinski definition) is 4. The summed E-state index contributed by atoms with van der Waals surface area (Å²) in [5, 5.41) is 11.4. The van der Waals surface area contributed by atoms with Crippen LogP contribution in [0.15, 0.2) is 23.6 Å². The number of thiophene rings is 1. The molecule has 0 radical (unpaired) electrons. The molecule has 96 valence electrons. The van der Waals surface area contributed by atoms with Crippen LogP contribution in [0.3, 0.4) is 0 Å². The first-order valence-electron chi connectivity index (χ1n) is 6.50. The molecule has 0 atom stereocenters. The summed E-state index contributed by atoms with van der Waals surface area (Å²) in [6.45, 7) is 4.04. The fourth-order valence-corrected chi connectivity index (χ4v) is 3.30. The molecule has 0 spiro atoms. The van der Waals surface area contributed by atoms with Crippen molar-refractivity contribution < 1.29 is 0 Å². The Morgan fingerprint density at radius 2 is 2.16 bits per heavy atom. The summed E-state index contributed by atoms with van der Waals surface area (Å²) in [6.07, 6.45) is 2.38. The van der Waals surface area contributed by atoms with Gasteiger partial charge in [0.15, 0.2) is 0 Å². The number of nitriles is 1. The quantitative estimate of drug-likeness (QED) is 0.836. The van der Waals surface area contributed by atoms with Gasteiger partial charge in [0.05, 0.1) is 16.1 Å². The van der Waals surface area contributed by atoms with Crippen LogP contribution >= 0.6 is 11.3 Å². The van der Waals surface area contributed by atoms with E-state index in [1.165, 1.54) is 17.7 Å². The number of hydrogen-bond donors (Lipinski definition) is 0. The van der Waals surface area contributed by atoms with Crippen molar-refractivity contribution in [1.82, 2.24) is 4.98 Å². The van der Waals surface area contributed by atoms with Crippen molar-refractivity contribution in [1.29, 1.82) is 5.26 Å². The van der Waals surface area contributed by atoms with Crippen molar-refractivity contribution in [2.24, 2.45) is 0 Å². The summed E-state index contributed by atoms with van der Waals surface area (Å²) < 4.78 is 0. The van der Waals surface area contributed by atoms with Crippen molar-refractivity contribution in [3.8, 4) is 16.6 Å². The van der Waals surface area contributed by atoms with Gasteiger partial charge in [-0.1, -0.05) is 6.07 Å². The zero-order chi connectivity index (χ0) is 13.2. The van der Waals surface area contributed by atoms with Gasteiger partial charge in [-0.25, -0.2) is 4.98 Å². The van der Waals surface area contributed by atoms with E-state index in [0.717, 1.165) is 30.2 Å². The van der Waals surface area contributed by atoms with E-state index >= 15 is 0 Å². The van der Waals surface area contributed by atoms with E-state index in [9.17, 15) is 5.26 Å². The minimum Gasteiger partial charge on any atom is -0.356 e. The Bertz CT molecular complexity index is 620. The molecule has 0 unspecified atom stereocenters. The Hall–Kier alpha value is -1.86. The summed E-state index contributed by atoms with van der Waals surface area (Å²) in [5.74, 6) is 0.856. The summed E-state index contributed by atoms with van der Waals surface area (Å²) in [4.78, 5) is 8.18. The number of aryl methyl sites for hydroxylation is 1. The van der Waals surface area contributed by atoms with Gasteiger partial charge in [-0.15, -0.1) is 11.3 Å². The maximum atomic E-state index is 9.31. The normalized spacial score (nSPS) is 14.6. The van der Waals surface area contributed by atoms with E-state index < -0.39 is 0 Å². The molecule has 0 saturated carbocycles. The van der Waals surface area contributed by atoms with E-state index in [-0.39, 0.29) is 0 Å². The molecule has 0 aromatic carbocycles. The zero-order valence-corrected chi connectivity index (χ0v) is 11.7. The van der Waals surface area contributed by atoms with E-state index in [1.54, 1.807) is 11.3 Å². The Morgan fingerprint density at radius 1 is 1.37 bits per heavy atom. The van der Waals surface area contributed by atoms with Gasteiger partial charge in [0, 0.05) is 13.1 Å². The Kier molecular flexibility index (Phi) is 3.22. The average molecular weight is 269 g/mol. The third kappa shape index (κ3) is 2.22. The number of rotatable bonds is 2. The van der Waals surface area contributed by atoms with E-state index in [1.807, 2.05) is 19.1 Å². The van der Waals surface area contributed by atoms with Crippen molar-refractivity contribution in [2.75, 3.05) is 18.0 Å². The van der Waals surface area contributed by atoms with Crippen molar-refractivity contribution >= 4 is 17.2 Å². The topological polar surface area (TPSA) is 39.9 Å². The summed E-state index contributed by atoms with van der Waals surface area (Å²) in [5.41, 5.74) is 2.78. The largest absolute Gasteiger partial charge is 0.356 e. The molecular weight excluding hydrogens is 254 g/mol. The predicted molar refractivity (Wildman–Crippen MR) is 78.4 cm³/mol.